The van der Waals surface area contributed by atoms with Crippen LogP contribution in [0.2, 0.25) is 15.1 Å². The van der Waals surface area contributed by atoms with E-state index < -0.39 is 0 Å². The van der Waals surface area contributed by atoms with Crippen LogP contribution in [0.3, 0.4) is 0 Å². The Balaban J connectivity index is 1.66. The zero-order valence-electron chi connectivity index (χ0n) is 19.2. The van der Waals surface area contributed by atoms with Gasteiger partial charge in [-0.15, -0.1) is 0 Å². The van der Waals surface area contributed by atoms with Gasteiger partial charge in [0.1, 0.15) is 12.4 Å². The Hall–Kier alpha value is -1.90. The Labute approximate surface area is 240 Å². The number of hydrogen-bond donors (Lipinski definition) is 0. The minimum atomic E-state index is -0.236. The quantitative estimate of drug-likeness (QED) is 0.185. The second-order valence-electron chi connectivity index (χ2n) is 8.15. The molecular formula is C26H20Br2Cl3N3O2. The van der Waals surface area contributed by atoms with Crippen molar-refractivity contribution >= 4 is 83.8 Å². The number of fused-ring (bicyclic) bond motifs is 1. The molecule has 36 heavy (non-hydrogen) atoms. The van der Waals surface area contributed by atoms with Gasteiger partial charge in [0.15, 0.2) is 5.75 Å². The summed E-state index contributed by atoms with van der Waals surface area (Å²) < 4.78 is 8.72. The smallest absolute Gasteiger partial charge is 0.282 e. The molecule has 4 aromatic rings. The van der Waals surface area contributed by atoms with E-state index in [4.69, 9.17) is 44.5 Å². The van der Waals surface area contributed by atoms with Crippen molar-refractivity contribution < 1.29 is 4.74 Å². The van der Waals surface area contributed by atoms with Crippen LogP contribution in [0.4, 0.5) is 0 Å². The van der Waals surface area contributed by atoms with Crippen LogP contribution in [-0.4, -0.2) is 15.9 Å². The third-order valence-corrected chi connectivity index (χ3v) is 7.70. The fraction of sp³-hybridized carbons (Fsp3) is 0.192. The minimum absolute atomic E-state index is 0.0374. The molecule has 0 amide bonds. The van der Waals surface area contributed by atoms with Crippen LogP contribution in [0.25, 0.3) is 10.9 Å². The molecular weight excluding hydrogens is 652 g/mol. The first-order chi connectivity index (χ1) is 17.2. The van der Waals surface area contributed by atoms with E-state index in [-0.39, 0.29) is 18.1 Å². The molecule has 186 valence electrons. The van der Waals surface area contributed by atoms with E-state index >= 15 is 0 Å². The first kappa shape index (κ1) is 27.1. The largest absolute Gasteiger partial charge is 0.486 e. The lowest BCUT2D eigenvalue weighted by molar-refractivity contribution is 0.304. The Bertz CT molecular complexity index is 1520. The molecule has 10 heteroatoms. The summed E-state index contributed by atoms with van der Waals surface area (Å²) in [5.74, 6) is 1.12. The van der Waals surface area contributed by atoms with Crippen molar-refractivity contribution in [3.63, 3.8) is 0 Å². The number of nitrogens with zero attached hydrogens (tertiary/aromatic N) is 3. The van der Waals surface area contributed by atoms with Crippen LogP contribution in [-0.2, 0) is 6.61 Å². The molecule has 0 saturated heterocycles. The van der Waals surface area contributed by atoms with Crippen LogP contribution in [0.5, 0.6) is 5.75 Å². The Morgan fingerprint density at radius 3 is 2.53 bits per heavy atom. The second kappa shape index (κ2) is 11.7. The number of benzene rings is 3. The van der Waals surface area contributed by atoms with Gasteiger partial charge in [-0.25, -0.2) is 4.98 Å². The lowest BCUT2D eigenvalue weighted by Crippen LogP contribution is -2.23. The van der Waals surface area contributed by atoms with Crippen molar-refractivity contribution in [2.24, 2.45) is 5.10 Å². The molecule has 0 aliphatic heterocycles. The van der Waals surface area contributed by atoms with Gasteiger partial charge in [0, 0.05) is 10.4 Å². The van der Waals surface area contributed by atoms with E-state index in [0.717, 1.165) is 16.5 Å². The molecule has 0 aliphatic carbocycles. The maximum atomic E-state index is 13.3. The van der Waals surface area contributed by atoms with Crippen molar-refractivity contribution in [1.82, 2.24) is 9.66 Å². The summed E-state index contributed by atoms with van der Waals surface area (Å²) in [6.45, 7) is 4.32. The van der Waals surface area contributed by atoms with Crippen molar-refractivity contribution in [3.05, 3.63) is 99.8 Å². The van der Waals surface area contributed by atoms with Gasteiger partial charge in [-0.1, -0.05) is 70.6 Å². The van der Waals surface area contributed by atoms with Gasteiger partial charge < -0.3 is 4.74 Å². The molecule has 0 saturated carbocycles. The predicted octanol–water partition coefficient (Wildman–Crippen LogP) is 8.86. The summed E-state index contributed by atoms with van der Waals surface area (Å²) in [5, 5.41) is 6.31. The second-order valence-corrected chi connectivity index (χ2v) is 11.1. The Kier molecular flexibility index (Phi) is 8.79. The van der Waals surface area contributed by atoms with Gasteiger partial charge in [-0.05, 0) is 75.9 Å². The monoisotopic (exact) mass is 669 g/mol. The van der Waals surface area contributed by atoms with Gasteiger partial charge in [-0.2, -0.15) is 9.78 Å². The molecule has 0 radical (unpaired) electrons. The van der Waals surface area contributed by atoms with Gasteiger partial charge in [0.05, 0.1) is 36.7 Å². The molecule has 4 rings (SSSR count). The summed E-state index contributed by atoms with van der Waals surface area (Å²) in [5.41, 5.74) is 1.94. The molecule has 1 heterocycles. The summed E-state index contributed by atoms with van der Waals surface area (Å²) in [4.78, 5) is 18.0. The standard InChI is InChI=1S/C26H20Br2Cl3N3O2/c1-3-14(2)25-33-23-7-5-17(27)11-18(23)26(35)34(25)32-12-16-8-19(28)24(22(31)10-16)36-13-15-4-6-20(29)21(30)9-15/h4-12,14H,3,13H2,1-2H3/t14-/m1/s1. The van der Waals surface area contributed by atoms with E-state index in [1.165, 1.54) is 4.68 Å². The highest BCUT2D eigenvalue weighted by atomic mass is 79.9. The molecule has 3 aromatic carbocycles. The SMILES string of the molecule is CC[C@@H](C)c1nc2ccc(Br)cc2c(=O)n1N=Cc1cc(Cl)c(OCc2ccc(Cl)c(Cl)c2)c(Br)c1. The maximum absolute atomic E-state index is 13.3. The average molecular weight is 673 g/mol. The lowest BCUT2D eigenvalue weighted by atomic mass is 10.1. The molecule has 0 N–H and O–H groups in total. The molecule has 5 nitrogen and oxygen atoms in total. The third kappa shape index (κ3) is 5.97. The fourth-order valence-corrected chi connectivity index (χ4v) is 5.15. The van der Waals surface area contributed by atoms with Gasteiger partial charge >= 0.3 is 0 Å². The van der Waals surface area contributed by atoms with Gasteiger partial charge in [0.25, 0.3) is 5.56 Å². The number of aromatic nitrogens is 2. The fourth-order valence-electron chi connectivity index (χ4n) is 3.48. The molecule has 0 spiro atoms. The van der Waals surface area contributed by atoms with E-state index in [0.29, 0.717) is 47.6 Å². The summed E-state index contributed by atoms with van der Waals surface area (Å²) in [7, 11) is 0. The Morgan fingerprint density at radius 2 is 1.83 bits per heavy atom. The Morgan fingerprint density at radius 1 is 1.06 bits per heavy atom. The predicted molar refractivity (Wildman–Crippen MR) is 155 cm³/mol. The molecule has 0 unspecified atom stereocenters. The van der Waals surface area contributed by atoms with Crippen LogP contribution < -0.4 is 10.3 Å². The molecule has 0 bridgehead atoms. The highest BCUT2D eigenvalue weighted by molar-refractivity contribution is 9.10. The zero-order valence-corrected chi connectivity index (χ0v) is 24.7. The van der Waals surface area contributed by atoms with E-state index in [1.54, 1.807) is 30.5 Å². The highest BCUT2D eigenvalue weighted by Gasteiger charge is 2.16. The molecule has 0 aliphatic rings. The average Bonchev–Trinajstić information content (AvgIpc) is 2.84. The molecule has 0 fully saturated rings. The summed E-state index contributed by atoms with van der Waals surface area (Å²) >= 11 is 25.5. The van der Waals surface area contributed by atoms with Crippen molar-refractivity contribution in [1.29, 1.82) is 0 Å². The van der Waals surface area contributed by atoms with Crippen molar-refractivity contribution in [2.75, 3.05) is 0 Å². The number of halogens is 5. The summed E-state index contributed by atoms with van der Waals surface area (Å²) in [6, 6.07) is 14.3. The highest BCUT2D eigenvalue weighted by Crippen LogP contribution is 2.35. The van der Waals surface area contributed by atoms with Crippen LogP contribution in [0.15, 0.2) is 67.4 Å². The normalized spacial score (nSPS) is 12.4. The van der Waals surface area contributed by atoms with E-state index in [9.17, 15) is 4.79 Å². The van der Waals surface area contributed by atoms with E-state index in [2.05, 4.69) is 37.0 Å². The van der Waals surface area contributed by atoms with Gasteiger partial charge in [0.2, 0.25) is 0 Å². The first-order valence-electron chi connectivity index (χ1n) is 11.0. The van der Waals surface area contributed by atoms with Crippen molar-refractivity contribution in [3.8, 4) is 5.75 Å². The van der Waals surface area contributed by atoms with E-state index in [1.807, 2.05) is 38.1 Å². The van der Waals surface area contributed by atoms with Gasteiger partial charge in [-0.3, -0.25) is 4.79 Å². The summed E-state index contributed by atoms with van der Waals surface area (Å²) in [6.07, 6.45) is 2.39. The molecule has 1 atom stereocenters. The lowest BCUT2D eigenvalue weighted by Gasteiger charge is -2.14. The maximum Gasteiger partial charge on any atom is 0.282 e. The van der Waals surface area contributed by atoms with Crippen LogP contribution >= 0.6 is 66.7 Å². The first-order valence-corrected chi connectivity index (χ1v) is 13.7. The minimum Gasteiger partial charge on any atom is -0.486 e. The number of ether oxygens (including phenoxy) is 1. The third-order valence-electron chi connectivity index (χ3n) is 5.60. The number of rotatable bonds is 7. The van der Waals surface area contributed by atoms with Crippen LogP contribution in [0.1, 0.15) is 43.1 Å². The zero-order chi connectivity index (χ0) is 26.0. The topological polar surface area (TPSA) is 56.5 Å². The van der Waals surface area contributed by atoms with Crippen LogP contribution in [0, 0.1) is 0 Å². The van der Waals surface area contributed by atoms with Crippen molar-refractivity contribution in [2.45, 2.75) is 32.8 Å². The number of hydrogen-bond acceptors (Lipinski definition) is 4. The molecule has 1 aromatic heterocycles.